The van der Waals surface area contributed by atoms with E-state index in [0.29, 0.717) is 5.69 Å². The minimum atomic E-state index is -0.683. The summed E-state index contributed by atoms with van der Waals surface area (Å²) in [4.78, 5) is 35.8. The second-order valence-corrected chi connectivity index (χ2v) is 6.92. The highest BCUT2D eigenvalue weighted by Crippen LogP contribution is 2.28. The van der Waals surface area contributed by atoms with Crippen molar-refractivity contribution in [3.05, 3.63) is 71.8 Å². The van der Waals surface area contributed by atoms with E-state index in [9.17, 15) is 23.9 Å². The molecule has 3 aromatic rings. The van der Waals surface area contributed by atoms with Gasteiger partial charge in [0.1, 0.15) is 11.5 Å². The SMILES string of the molecule is O=C1CC(c2cccc(NC(=O)c3nn(-c4ccccc4F)cc3O)c2)CC(=O)N1. The summed E-state index contributed by atoms with van der Waals surface area (Å²) in [6.45, 7) is 0. The molecule has 1 saturated heterocycles. The molecule has 0 saturated carbocycles. The summed E-state index contributed by atoms with van der Waals surface area (Å²) in [5.41, 5.74) is 0.970. The van der Waals surface area contributed by atoms with E-state index in [-0.39, 0.29) is 42.0 Å². The van der Waals surface area contributed by atoms with Gasteiger partial charge >= 0.3 is 0 Å². The number of nitrogens with one attached hydrogen (secondary N) is 2. The van der Waals surface area contributed by atoms with Gasteiger partial charge in [0, 0.05) is 24.4 Å². The maximum atomic E-state index is 13.9. The van der Waals surface area contributed by atoms with Crippen LogP contribution in [0.1, 0.15) is 34.8 Å². The largest absolute Gasteiger partial charge is 0.504 e. The van der Waals surface area contributed by atoms with Crippen LogP contribution >= 0.6 is 0 Å². The highest BCUT2D eigenvalue weighted by Gasteiger charge is 2.26. The first kappa shape index (κ1) is 19.3. The number of aromatic hydroxyl groups is 1. The molecule has 0 aliphatic carbocycles. The van der Waals surface area contributed by atoms with Crippen molar-refractivity contribution in [1.29, 1.82) is 0 Å². The first-order chi connectivity index (χ1) is 14.4. The second kappa shape index (κ2) is 7.78. The third-order valence-electron chi connectivity index (χ3n) is 4.77. The van der Waals surface area contributed by atoms with Gasteiger partial charge in [-0.25, -0.2) is 9.07 Å². The zero-order valence-electron chi connectivity index (χ0n) is 15.6. The molecule has 0 radical (unpaired) electrons. The van der Waals surface area contributed by atoms with E-state index in [1.54, 1.807) is 30.3 Å². The van der Waals surface area contributed by atoms with E-state index in [1.807, 2.05) is 0 Å². The van der Waals surface area contributed by atoms with Crippen molar-refractivity contribution in [1.82, 2.24) is 15.1 Å². The van der Waals surface area contributed by atoms with Gasteiger partial charge in [0.15, 0.2) is 11.4 Å². The molecule has 2 aromatic carbocycles. The number of rotatable bonds is 4. The van der Waals surface area contributed by atoms with Gasteiger partial charge in [0.25, 0.3) is 5.91 Å². The predicted octanol–water partition coefficient (Wildman–Crippen LogP) is 2.49. The van der Waals surface area contributed by atoms with Gasteiger partial charge in [-0.05, 0) is 29.8 Å². The van der Waals surface area contributed by atoms with Crippen LogP contribution in [0.25, 0.3) is 5.69 Å². The Hall–Kier alpha value is -4.01. The van der Waals surface area contributed by atoms with Crippen LogP contribution in [0.5, 0.6) is 5.75 Å². The van der Waals surface area contributed by atoms with Gasteiger partial charge < -0.3 is 10.4 Å². The average Bonchev–Trinajstić information content (AvgIpc) is 3.09. The van der Waals surface area contributed by atoms with Crippen LogP contribution < -0.4 is 10.6 Å². The average molecular weight is 408 g/mol. The summed E-state index contributed by atoms with van der Waals surface area (Å²) in [5.74, 6) is -2.59. The molecule has 0 atom stereocenters. The summed E-state index contributed by atoms with van der Waals surface area (Å²) >= 11 is 0. The minimum Gasteiger partial charge on any atom is -0.504 e. The van der Waals surface area contributed by atoms with Crippen molar-refractivity contribution >= 4 is 23.4 Å². The molecule has 1 fully saturated rings. The normalized spacial score (nSPS) is 14.4. The van der Waals surface area contributed by atoms with Gasteiger partial charge in [0.05, 0.1) is 6.20 Å². The van der Waals surface area contributed by atoms with Crippen molar-refractivity contribution < 1.29 is 23.9 Å². The number of halogens is 1. The van der Waals surface area contributed by atoms with Gasteiger partial charge in [-0.3, -0.25) is 19.7 Å². The van der Waals surface area contributed by atoms with Crippen molar-refractivity contribution in [2.24, 2.45) is 0 Å². The number of hydrogen-bond acceptors (Lipinski definition) is 5. The van der Waals surface area contributed by atoms with E-state index in [0.717, 1.165) is 16.4 Å². The third kappa shape index (κ3) is 3.90. The molecule has 3 N–H and O–H groups in total. The molecular formula is C21H17FN4O4. The topological polar surface area (TPSA) is 113 Å². The molecule has 4 rings (SSSR count). The number of piperidine rings is 1. The molecule has 2 heterocycles. The molecule has 9 heteroatoms. The standard InChI is InChI=1S/C21H17FN4O4/c22-15-6-1-2-7-16(15)26-11-17(27)20(25-26)21(30)23-14-5-3-4-12(8-14)13-9-18(28)24-19(29)10-13/h1-8,11,13,27H,9-10H2,(H,23,30)(H,24,28,29). The van der Waals surface area contributed by atoms with E-state index < -0.39 is 17.5 Å². The number of carbonyl (C=O) groups is 3. The fraction of sp³-hybridized carbons (Fsp3) is 0.143. The number of anilines is 1. The minimum absolute atomic E-state index is 0.0917. The predicted molar refractivity (Wildman–Crippen MR) is 105 cm³/mol. The summed E-state index contributed by atoms with van der Waals surface area (Å²) in [7, 11) is 0. The summed E-state index contributed by atoms with van der Waals surface area (Å²) in [6, 6.07) is 12.6. The summed E-state index contributed by atoms with van der Waals surface area (Å²) < 4.78 is 15.0. The van der Waals surface area contributed by atoms with Crippen LogP contribution in [0.15, 0.2) is 54.7 Å². The maximum absolute atomic E-state index is 13.9. The first-order valence-electron chi connectivity index (χ1n) is 9.18. The monoisotopic (exact) mass is 408 g/mol. The number of para-hydroxylation sites is 1. The number of benzene rings is 2. The van der Waals surface area contributed by atoms with E-state index >= 15 is 0 Å². The van der Waals surface area contributed by atoms with E-state index in [4.69, 9.17) is 0 Å². The van der Waals surface area contributed by atoms with Crippen LogP contribution in [-0.2, 0) is 9.59 Å². The molecule has 1 aliphatic heterocycles. The first-order valence-corrected chi connectivity index (χ1v) is 9.18. The Labute approximate surface area is 170 Å². The summed E-state index contributed by atoms with van der Waals surface area (Å²) in [5, 5.41) is 19.0. The van der Waals surface area contributed by atoms with Crippen LogP contribution in [0, 0.1) is 5.82 Å². The molecule has 1 aromatic heterocycles. The molecule has 0 spiro atoms. The Morgan fingerprint density at radius 3 is 2.60 bits per heavy atom. The van der Waals surface area contributed by atoms with Gasteiger partial charge in [-0.15, -0.1) is 0 Å². The Morgan fingerprint density at radius 2 is 1.87 bits per heavy atom. The quantitative estimate of drug-likeness (QED) is 0.574. The van der Waals surface area contributed by atoms with Crippen molar-refractivity contribution in [3.63, 3.8) is 0 Å². The fourth-order valence-corrected chi connectivity index (χ4v) is 3.36. The lowest BCUT2D eigenvalue weighted by Gasteiger charge is -2.21. The number of amides is 3. The smallest absolute Gasteiger partial charge is 0.280 e. The Balaban J connectivity index is 1.54. The van der Waals surface area contributed by atoms with E-state index in [1.165, 1.54) is 18.2 Å². The van der Waals surface area contributed by atoms with Gasteiger partial charge in [-0.2, -0.15) is 5.10 Å². The zero-order valence-corrected chi connectivity index (χ0v) is 15.6. The molecule has 3 amide bonds. The maximum Gasteiger partial charge on any atom is 0.280 e. The van der Waals surface area contributed by atoms with Crippen molar-refractivity contribution in [2.75, 3.05) is 5.32 Å². The van der Waals surface area contributed by atoms with Crippen LogP contribution in [0.3, 0.4) is 0 Å². The lowest BCUT2D eigenvalue weighted by atomic mass is 9.89. The number of carbonyl (C=O) groups excluding carboxylic acids is 3. The van der Waals surface area contributed by atoms with Crippen LogP contribution in [0.2, 0.25) is 0 Å². The highest BCUT2D eigenvalue weighted by atomic mass is 19.1. The number of aromatic nitrogens is 2. The van der Waals surface area contributed by atoms with Crippen LogP contribution in [0.4, 0.5) is 10.1 Å². The van der Waals surface area contributed by atoms with Gasteiger partial charge in [0.2, 0.25) is 11.8 Å². The number of nitrogens with zero attached hydrogens (tertiary/aromatic N) is 2. The zero-order chi connectivity index (χ0) is 21.3. The Morgan fingerprint density at radius 1 is 1.13 bits per heavy atom. The Bertz CT molecular complexity index is 1140. The highest BCUT2D eigenvalue weighted by molar-refractivity contribution is 6.04. The molecule has 30 heavy (non-hydrogen) atoms. The molecular weight excluding hydrogens is 391 g/mol. The number of hydrogen-bond donors (Lipinski definition) is 3. The Kier molecular flexibility index (Phi) is 5.01. The van der Waals surface area contributed by atoms with Crippen molar-refractivity contribution in [2.45, 2.75) is 18.8 Å². The van der Waals surface area contributed by atoms with Crippen LogP contribution in [-0.4, -0.2) is 32.6 Å². The number of imide groups is 1. The second-order valence-electron chi connectivity index (χ2n) is 6.92. The summed E-state index contributed by atoms with van der Waals surface area (Å²) in [6.07, 6.45) is 1.50. The third-order valence-corrected chi connectivity index (χ3v) is 4.77. The molecule has 8 nitrogen and oxygen atoms in total. The molecule has 0 bridgehead atoms. The lowest BCUT2D eigenvalue weighted by Crippen LogP contribution is -2.37. The lowest BCUT2D eigenvalue weighted by molar-refractivity contribution is -0.133. The van der Waals surface area contributed by atoms with E-state index in [2.05, 4.69) is 15.7 Å². The molecule has 152 valence electrons. The van der Waals surface area contributed by atoms with Crippen molar-refractivity contribution in [3.8, 4) is 11.4 Å². The fourth-order valence-electron chi connectivity index (χ4n) is 3.36. The molecule has 1 aliphatic rings. The van der Waals surface area contributed by atoms with Gasteiger partial charge in [-0.1, -0.05) is 24.3 Å². The molecule has 0 unspecified atom stereocenters.